The van der Waals surface area contributed by atoms with E-state index >= 15 is 0 Å². The first-order valence-corrected chi connectivity index (χ1v) is 7.25. The molecule has 0 aromatic heterocycles. The molecule has 2 rings (SSSR count). The number of amides is 1. The van der Waals surface area contributed by atoms with Gasteiger partial charge in [-0.2, -0.15) is 0 Å². The highest BCUT2D eigenvalue weighted by Crippen LogP contribution is 2.18. The molecular formula is C15H21N3O3. The number of carbonyl (C=O) groups is 1. The summed E-state index contributed by atoms with van der Waals surface area (Å²) < 4.78 is 0. The fourth-order valence-electron chi connectivity index (χ4n) is 2.64. The zero-order valence-electron chi connectivity index (χ0n) is 12.4. The van der Waals surface area contributed by atoms with E-state index in [1.54, 1.807) is 11.0 Å². The highest BCUT2D eigenvalue weighted by molar-refractivity contribution is 5.82. The van der Waals surface area contributed by atoms with Crippen molar-refractivity contribution in [3.8, 4) is 0 Å². The smallest absolute Gasteiger partial charge is 0.269 e. The van der Waals surface area contributed by atoms with Gasteiger partial charge in [-0.05, 0) is 18.4 Å². The van der Waals surface area contributed by atoms with E-state index in [2.05, 4.69) is 5.32 Å². The Bertz CT molecular complexity index is 531. The number of non-ortho nitro benzene ring substituents is 1. The van der Waals surface area contributed by atoms with E-state index < -0.39 is 4.92 Å². The number of nitro benzene ring substituents is 1. The monoisotopic (exact) mass is 291 g/mol. The summed E-state index contributed by atoms with van der Waals surface area (Å²) in [5.41, 5.74) is 0.858. The van der Waals surface area contributed by atoms with Crippen molar-refractivity contribution in [3.05, 3.63) is 39.9 Å². The van der Waals surface area contributed by atoms with Gasteiger partial charge in [0, 0.05) is 31.3 Å². The van der Waals surface area contributed by atoms with E-state index in [9.17, 15) is 14.9 Å². The molecule has 1 atom stereocenters. The lowest BCUT2D eigenvalue weighted by atomic mass is 10.0. The molecule has 0 radical (unpaired) electrons. The van der Waals surface area contributed by atoms with Gasteiger partial charge in [-0.25, -0.2) is 0 Å². The van der Waals surface area contributed by atoms with Crippen LogP contribution in [0, 0.1) is 10.1 Å². The van der Waals surface area contributed by atoms with E-state index in [-0.39, 0.29) is 23.7 Å². The van der Waals surface area contributed by atoms with Crippen LogP contribution in [0.2, 0.25) is 0 Å². The van der Waals surface area contributed by atoms with Crippen LogP contribution in [-0.2, 0) is 11.3 Å². The van der Waals surface area contributed by atoms with Gasteiger partial charge in [0.2, 0.25) is 5.91 Å². The predicted molar refractivity (Wildman–Crippen MR) is 79.8 cm³/mol. The Morgan fingerprint density at radius 1 is 1.48 bits per heavy atom. The van der Waals surface area contributed by atoms with E-state index in [0.717, 1.165) is 18.4 Å². The van der Waals surface area contributed by atoms with Gasteiger partial charge in [0.25, 0.3) is 5.69 Å². The topological polar surface area (TPSA) is 75.5 Å². The maximum absolute atomic E-state index is 12.4. The molecule has 1 N–H and O–H groups in total. The maximum Gasteiger partial charge on any atom is 0.269 e. The third kappa shape index (κ3) is 4.01. The van der Waals surface area contributed by atoms with Gasteiger partial charge in [-0.3, -0.25) is 14.9 Å². The molecule has 6 nitrogen and oxygen atoms in total. The average Bonchev–Trinajstić information content (AvgIpc) is 2.43. The highest BCUT2D eigenvalue weighted by Gasteiger charge is 2.28. The van der Waals surface area contributed by atoms with Crippen molar-refractivity contribution in [1.29, 1.82) is 0 Å². The second-order valence-electron chi connectivity index (χ2n) is 5.70. The minimum atomic E-state index is -0.412. The molecule has 1 aliphatic rings. The largest absolute Gasteiger partial charge is 0.337 e. The van der Waals surface area contributed by atoms with Crippen molar-refractivity contribution in [2.24, 2.45) is 0 Å². The molecule has 1 saturated heterocycles. The fraction of sp³-hybridized carbons (Fsp3) is 0.533. The fourth-order valence-corrected chi connectivity index (χ4v) is 2.64. The Morgan fingerprint density at radius 3 is 2.90 bits per heavy atom. The van der Waals surface area contributed by atoms with E-state index in [1.807, 2.05) is 19.9 Å². The number of rotatable bonds is 5. The Morgan fingerprint density at radius 2 is 2.24 bits per heavy atom. The lowest BCUT2D eigenvalue weighted by molar-refractivity contribution is -0.384. The quantitative estimate of drug-likeness (QED) is 0.665. The summed E-state index contributed by atoms with van der Waals surface area (Å²) in [6.07, 6.45) is 1.80. The van der Waals surface area contributed by atoms with Crippen molar-refractivity contribution in [1.82, 2.24) is 10.2 Å². The van der Waals surface area contributed by atoms with E-state index in [0.29, 0.717) is 13.1 Å². The molecule has 1 fully saturated rings. The van der Waals surface area contributed by atoms with Crippen LogP contribution in [0.15, 0.2) is 24.3 Å². The number of carbonyl (C=O) groups excluding carboxylic acids is 1. The molecule has 6 heteroatoms. The first-order chi connectivity index (χ1) is 9.97. The second kappa shape index (κ2) is 6.67. The zero-order chi connectivity index (χ0) is 15.4. The number of nitrogens with zero attached hydrogens (tertiary/aromatic N) is 2. The molecule has 1 aromatic carbocycles. The van der Waals surface area contributed by atoms with Crippen LogP contribution in [0.5, 0.6) is 0 Å². The second-order valence-corrected chi connectivity index (χ2v) is 5.70. The Balaban J connectivity index is 2.06. The third-order valence-corrected chi connectivity index (χ3v) is 3.56. The standard InChI is InChI=1S/C15H21N3O3/c1-11(2)16-14-7-4-8-17(15(14)19)10-12-5-3-6-13(9-12)18(20)21/h3,5-6,9,11,14,16H,4,7-8,10H2,1-2H3. The van der Waals surface area contributed by atoms with Crippen LogP contribution < -0.4 is 5.32 Å². The molecule has 1 aliphatic heterocycles. The molecule has 114 valence electrons. The van der Waals surface area contributed by atoms with Crippen LogP contribution in [-0.4, -0.2) is 34.4 Å². The number of likely N-dealkylation sites (tertiary alicyclic amines) is 1. The molecule has 0 saturated carbocycles. The number of nitrogens with one attached hydrogen (secondary N) is 1. The van der Waals surface area contributed by atoms with Gasteiger partial charge in [0.05, 0.1) is 11.0 Å². The third-order valence-electron chi connectivity index (χ3n) is 3.56. The summed E-state index contributed by atoms with van der Waals surface area (Å²) >= 11 is 0. The van der Waals surface area contributed by atoms with Crippen molar-refractivity contribution >= 4 is 11.6 Å². The SMILES string of the molecule is CC(C)NC1CCCN(Cc2cccc([N+](=O)[O-])c2)C1=O. The Labute approximate surface area is 124 Å². The molecule has 0 aliphatic carbocycles. The van der Waals surface area contributed by atoms with Gasteiger partial charge < -0.3 is 10.2 Å². The van der Waals surface area contributed by atoms with Crippen molar-refractivity contribution in [2.75, 3.05) is 6.54 Å². The van der Waals surface area contributed by atoms with Crippen LogP contribution in [0.1, 0.15) is 32.3 Å². The molecule has 1 aromatic rings. The maximum atomic E-state index is 12.4. The molecule has 21 heavy (non-hydrogen) atoms. The van der Waals surface area contributed by atoms with Crippen molar-refractivity contribution in [2.45, 2.75) is 45.3 Å². The summed E-state index contributed by atoms with van der Waals surface area (Å²) in [7, 11) is 0. The average molecular weight is 291 g/mol. The van der Waals surface area contributed by atoms with Crippen LogP contribution in [0.25, 0.3) is 0 Å². The number of piperidine rings is 1. The molecule has 1 heterocycles. The first kappa shape index (κ1) is 15.4. The van der Waals surface area contributed by atoms with Crippen molar-refractivity contribution in [3.63, 3.8) is 0 Å². The zero-order valence-corrected chi connectivity index (χ0v) is 12.4. The molecule has 0 bridgehead atoms. The van der Waals surface area contributed by atoms with Gasteiger partial charge >= 0.3 is 0 Å². The summed E-state index contributed by atoms with van der Waals surface area (Å²) in [5.74, 6) is 0.0847. The van der Waals surface area contributed by atoms with Crippen LogP contribution >= 0.6 is 0 Å². The van der Waals surface area contributed by atoms with Crippen LogP contribution in [0.3, 0.4) is 0 Å². The van der Waals surface area contributed by atoms with Gasteiger partial charge in [-0.1, -0.05) is 26.0 Å². The van der Waals surface area contributed by atoms with Crippen LogP contribution in [0.4, 0.5) is 5.69 Å². The lowest BCUT2D eigenvalue weighted by Gasteiger charge is -2.33. The lowest BCUT2D eigenvalue weighted by Crippen LogP contribution is -2.51. The number of hydrogen-bond donors (Lipinski definition) is 1. The van der Waals surface area contributed by atoms with Crippen molar-refractivity contribution < 1.29 is 9.72 Å². The summed E-state index contributed by atoms with van der Waals surface area (Å²) in [6.45, 7) is 5.17. The molecule has 1 amide bonds. The van der Waals surface area contributed by atoms with Gasteiger partial charge in [-0.15, -0.1) is 0 Å². The normalized spacial score (nSPS) is 19.1. The highest BCUT2D eigenvalue weighted by atomic mass is 16.6. The Hall–Kier alpha value is -1.95. The van der Waals surface area contributed by atoms with Gasteiger partial charge in [0.15, 0.2) is 0 Å². The summed E-state index contributed by atoms with van der Waals surface area (Å²) in [6, 6.07) is 6.59. The minimum absolute atomic E-state index is 0.0637. The minimum Gasteiger partial charge on any atom is -0.337 e. The number of benzene rings is 1. The number of nitro groups is 1. The number of hydrogen-bond acceptors (Lipinski definition) is 4. The van der Waals surface area contributed by atoms with E-state index in [4.69, 9.17) is 0 Å². The molecule has 1 unspecified atom stereocenters. The predicted octanol–water partition coefficient (Wildman–Crippen LogP) is 2.08. The first-order valence-electron chi connectivity index (χ1n) is 7.25. The Kier molecular flexibility index (Phi) is 4.90. The molecular weight excluding hydrogens is 270 g/mol. The summed E-state index contributed by atoms with van der Waals surface area (Å²) in [4.78, 5) is 24.6. The van der Waals surface area contributed by atoms with E-state index in [1.165, 1.54) is 12.1 Å². The van der Waals surface area contributed by atoms with Gasteiger partial charge in [0.1, 0.15) is 0 Å². The summed E-state index contributed by atoms with van der Waals surface area (Å²) in [5, 5.41) is 14.1. The molecule has 0 spiro atoms.